The Labute approximate surface area is 190 Å². The number of hydrogen-bond acceptors (Lipinski definition) is 5. The number of nitrogens with zero attached hydrogens (tertiary/aromatic N) is 2. The van der Waals surface area contributed by atoms with E-state index in [1.165, 1.54) is 7.11 Å². The van der Waals surface area contributed by atoms with E-state index in [1.807, 2.05) is 24.3 Å². The molecule has 0 radical (unpaired) electrons. The van der Waals surface area contributed by atoms with Crippen LogP contribution in [0.15, 0.2) is 85.1 Å². The number of para-hydroxylation sites is 1. The summed E-state index contributed by atoms with van der Waals surface area (Å²) in [5.41, 5.74) is 1.83. The number of methoxy groups -OCH3 is 1. The van der Waals surface area contributed by atoms with Crippen LogP contribution in [0.3, 0.4) is 0 Å². The van der Waals surface area contributed by atoms with Gasteiger partial charge >= 0.3 is 6.09 Å². The van der Waals surface area contributed by atoms with E-state index in [0.717, 1.165) is 10.5 Å². The maximum Gasteiger partial charge on any atom is 0.420 e. The van der Waals surface area contributed by atoms with Crippen molar-refractivity contribution in [2.75, 3.05) is 12.0 Å². The van der Waals surface area contributed by atoms with E-state index < -0.39 is 12.0 Å². The molecule has 32 heavy (non-hydrogen) atoms. The average Bonchev–Trinajstić information content (AvgIpc) is 2.82. The minimum absolute atomic E-state index is 0.00692. The summed E-state index contributed by atoms with van der Waals surface area (Å²) >= 11 is 5.89. The second-order valence-electron chi connectivity index (χ2n) is 6.92. The number of ether oxygens (including phenoxy) is 2. The van der Waals surface area contributed by atoms with Gasteiger partial charge in [0.15, 0.2) is 0 Å². The van der Waals surface area contributed by atoms with Crippen molar-refractivity contribution in [3.05, 3.63) is 95.6 Å². The zero-order valence-electron chi connectivity index (χ0n) is 17.2. The summed E-state index contributed by atoms with van der Waals surface area (Å²) in [5.74, 6) is 0.854. The number of halogens is 1. The lowest BCUT2D eigenvalue weighted by atomic mass is 10.1. The zero-order chi connectivity index (χ0) is 22.5. The lowest BCUT2D eigenvalue weighted by Crippen LogP contribution is -2.38. The predicted molar refractivity (Wildman–Crippen MR) is 123 cm³/mol. The SMILES string of the molecule is COC(=O)N(C(=O)Cc1ccc(Oc2ccc(Cl)cc2)cc1)c1ccnc2ccccc12. The van der Waals surface area contributed by atoms with Crippen molar-refractivity contribution in [2.24, 2.45) is 0 Å². The second-order valence-corrected chi connectivity index (χ2v) is 7.36. The molecule has 0 aliphatic rings. The van der Waals surface area contributed by atoms with Gasteiger partial charge < -0.3 is 9.47 Å². The van der Waals surface area contributed by atoms with Crippen molar-refractivity contribution in [2.45, 2.75) is 6.42 Å². The van der Waals surface area contributed by atoms with Gasteiger partial charge in [0.1, 0.15) is 11.5 Å². The molecule has 0 fully saturated rings. The standard InChI is InChI=1S/C25H19ClN2O4/c1-31-25(30)28(23-14-15-27-22-5-3-2-4-21(22)23)24(29)16-17-6-10-19(11-7-17)32-20-12-8-18(26)9-13-20/h2-15H,16H2,1H3. The fourth-order valence-electron chi connectivity index (χ4n) is 3.27. The summed E-state index contributed by atoms with van der Waals surface area (Å²) in [4.78, 5) is 31.0. The maximum absolute atomic E-state index is 13.1. The van der Waals surface area contributed by atoms with Gasteiger partial charge in [-0.25, -0.2) is 9.69 Å². The predicted octanol–water partition coefficient (Wildman–Crippen LogP) is 6.02. The first kappa shape index (κ1) is 21.3. The molecule has 0 saturated carbocycles. The molecule has 4 aromatic rings. The van der Waals surface area contributed by atoms with Gasteiger partial charge in [0.2, 0.25) is 5.91 Å². The number of benzene rings is 3. The molecule has 2 amide bonds. The molecule has 0 unspecified atom stereocenters. The van der Waals surface area contributed by atoms with Crippen LogP contribution in [0, 0.1) is 0 Å². The van der Waals surface area contributed by atoms with Gasteiger partial charge in [-0.3, -0.25) is 9.78 Å². The molecule has 0 aliphatic carbocycles. The minimum atomic E-state index is -0.756. The van der Waals surface area contributed by atoms with E-state index in [0.29, 0.717) is 33.1 Å². The van der Waals surface area contributed by atoms with E-state index in [-0.39, 0.29) is 6.42 Å². The molecule has 1 heterocycles. The molecule has 0 aliphatic heterocycles. The van der Waals surface area contributed by atoms with Crippen LogP contribution in [-0.4, -0.2) is 24.1 Å². The Morgan fingerprint density at radius 1 is 0.906 bits per heavy atom. The van der Waals surface area contributed by atoms with Gasteiger partial charge in [0, 0.05) is 16.6 Å². The van der Waals surface area contributed by atoms with E-state index >= 15 is 0 Å². The first-order valence-corrected chi connectivity index (χ1v) is 10.2. The maximum atomic E-state index is 13.1. The number of aromatic nitrogens is 1. The lowest BCUT2D eigenvalue weighted by molar-refractivity contribution is -0.117. The van der Waals surface area contributed by atoms with Crippen LogP contribution in [0.2, 0.25) is 5.02 Å². The third-order valence-corrected chi connectivity index (χ3v) is 5.05. The molecule has 0 spiro atoms. The summed E-state index contributed by atoms with van der Waals surface area (Å²) in [6.07, 6.45) is 0.811. The van der Waals surface area contributed by atoms with Crippen LogP contribution < -0.4 is 9.64 Å². The zero-order valence-corrected chi connectivity index (χ0v) is 18.0. The van der Waals surface area contributed by atoms with Crippen LogP contribution in [0.25, 0.3) is 10.9 Å². The van der Waals surface area contributed by atoms with Gasteiger partial charge in [0.25, 0.3) is 0 Å². The molecule has 6 nitrogen and oxygen atoms in total. The van der Waals surface area contributed by atoms with Gasteiger partial charge in [0.05, 0.1) is 24.7 Å². The van der Waals surface area contributed by atoms with E-state index in [2.05, 4.69) is 4.98 Å². The minimum Gasteiger partial charge on any atom is -0.457 e. The molecule has 0 atom stereocenters. The van der Waals surface area contributed by atoms with Crippen molar-refractivity contribution in [3.63, 3.8) is 0 Å². The molecule has 0 N–H and O–H groups in total. The number of fused-ring (bicyclic) bond motifs is 1. The third-order valence-electron chi connectivity index (χ3n) is 4.80. The molecule has 4 rings (SSSR count). The molecule has 1 aromatic heterocycles. The van der Waals surface area contributed by atoms with Crippen molar-refractivity contribution in [3.8, 4) is 11.5 Å². The summed E-state index contributed by atoms with van der Waals surface area (Å²) in [5, 5.41) is 1.31. The van der Waals surface area contributed by atoms with Crippen LogP contribution in [0.4, 0.5) is 10.5 Å². The number of amides is 2. The van der Waals surface area contributed by atoms with Crippen LogP contribution >= 0.6 is 11.6 Å². The fourth-order valence-corrected chi connectivity index (χ4v) is 3.40. The largest absolute Gasteiger partial charge is 0.457 e. The second kappa shape index (κ2) is 9.49. The fraction of sp³-hybridized carbons (Fsp3) is 0.0800. The van der Waals surface area contributed by atoms with Gasteiger partial charge in [-0.2, -0.15) is 0 Å². The molecular weight excluding hydrogens is 428 g/mol. The monoisotopic (exact) mass is 446 g/mol. The molecule has 160 valence electrons. The highest BCUT2D eigenvalue weighted by molar-refractivity contribution is 6.30. The van der Waals surface area contributed by atoms with Crippen LogP contribution in [0.1, 0.15) is 5.56 Å². The summed E-state index contributed by atoms with van der Waals surface area (Å²) in [7, 11) is 1.24. The van der Waals surface area contributed by atoms with E-state index in [1.54, 1.807) is 60.8 Å². The highest BCUT2D eigenvalue weighted by Crippen LogP contribution is 2.27. The first-order valence-electron chi connectivity index (χ1n) is 9.82. The summed E-state index contributed by atoms with van der Waals surface area (Å²) in [6.45, 7) is 0. The smallest absolute Gasteiger partial charge is 0.420 e. The Morgan fingerprint density at radius 3 is 2.25 bits per heavy atom. The Bertz CT molecular complexity index is 1250. The third kappa shape index (κ3) is 4.71. The van der Waals surface area contributed by atoms with Crippen molar-refractivity contribution in [1.29, 1.82) is 0 Å². The Morgan fingerprint density at radius 2 is 1.56 bits per heavy atom. The van der Waals surface area contributed by atoms with E-state index in [9.17, 15) is 9.59 Å². The normalized spacial score (nSPS) is 10.6. The average molecular weight is 447 g/mol. The van der Waals surface area contributed by atoms with Gasteiger partial charge in [-0.15, -0.1) is 0 Å². The number of imide groups is 1. The highest BCUT2D eigenvalue weighted by Gasteiger charge is 2.26. The molecule has 7 heteroatoms. The van der Waals surface area contributed by atoms with Crippen LogP contribution in [-0.2, 0) is 16.0 Å². The molecule has 0 saturated heterocycles. The number of hydrogen-bond donors (Lipinski definition) is 0. The number of pyridine rings is 1. The van der Waals surface area contributed by atoms with Gasteiger partial charge in [-0.05, 0) is 54.1 Å². The Hall–Kier alpha value is -3.90. The van der Waals surface area contributed by atoms with Crippen LogP contribution in [0.5, 0.6) is 11.5 Å². The first-order chi connectivity index (χ1) is 15.5. The number of anilines is 1. The lowest BCUT2D eigenvalue weighted by Gasteiger charge is -2.21. The quantitative estimate of drug-likeness (QED) is 0.374. The Balaban J connectivity index is 1.55. The van der Waals surface area contributed by atoms with Gasteiger partial charge in [-0.1, -0.05) is 41.9 Å². The van der Waals surface area contributed by atoms with Crippen molar-refractivity contribution < 1.29 is 19.1 Å². The molecule has 3 aromatic carbocycles. The number of carbonyl (C=O) groups excluding carboxylic acids is 2. The number of rotatable bonds is 5. The topological polar surface area (TPSA) is 68.7 Å². The van der Waals surface area contributed by atoms with Crippen molar-refractivity contribution in [1.82, 2.24) is 4.98 Å². The number of carbonyl (C=O) groups is 2. The Kier molecular flexibility index (Phi) is 6.33. The summed E-state index contributed by atoms with van der Waals surface area (Å²) < 4.78 is 10.7. The summed E-state index contributed by atoms with van der Waals surface area (Å²) in [6, 6.07) is 23.0. The molecular formula is C25H19ClN2O4. The van der Waals surface area contributed by atoms with E-state index in [4.69, 9.17) is 21.1 Å². The van der Waals surface area contributed by atoms with Crippen molar-refractivity contribution >= 4 is 40.2 Å². The highest BCUT2D eigenvalue weighted by atomic mass is 35.5. The molecule has 0 bridgehead atoms.